The first-order chi connectivity index (χ1) is 23.0. The van der Waals surface area contributed by atoms with Crippen molar-refractivity contribution in [2.24, 2.45) is 39.7 Å². The molecular formula is C37H55N5O7. The van der Waals surface area contributed by atoms with Gasteiger partial charge in [0.15, 0.2) is 5.82 Å². The Bertz CT molecular complexity index is 1460. The molecule has 1 aliphatic heterocycles. The lowest BCUT2D eigenvalue weighted by atomic mass is 9.70. The quantitative estimate of drug-likeness (QED) is 0.155. The van der Waals surface area contributed by atoms with Crippen LogP contribution in [-0.4, -0.2) is 72.9 Å². The van der Waals surface area contributed by atoms with E-state index in [0.717, 1.165) is 5.56 Å². The Hall–Kier alpha value is -3.77. The fourth-order valence-electron chi connectivity index (χ4n) is 6.71. The van der Waals surface area contributed by atoms with Crippen LogP contribution in [0.15, 0.2) is 46.9 Å². The van der Waals surface area contributed by atoms with Crippen molar-refractivity contribution in [2.45, 2.75) is 119 Å². The first-order valence-corrected chi connectivity index (χ1v) is 17.3. The van der Waals surface area contributed by atoms with Gasteiger partial charge in [0.1, 0.15) is 30.0 Å². The number of nitrogens with zero attached hydrogens (tertiary/aromatic N) is 5. The second kappa shape index (κ2) is 17.2. The number of esters is 1. The topological polar surface area (TPSA) is 155 Å². The van der Waals surface area contributed by atoms with Gasteiger partial charge in [0.2, 0.25) is 5.91 Å². The van der Waals surface area contributed by atoms with Crippen LogP contribution in [0.25, 0.3) is 5.82 Å². The van der Waals surface area contributed by atoms with E-state index in [9.17, 15) is 19.5 Å². The highest BCUT2D eigenvalue weighted by Crippen LogP contribution is 2.38. The van der Waals surface area contributed by atoms with Gasteiger partial charge in [-0.3, -0.25) is 14.4 Å². The average molecular weight is 682 g/mol. The summed E-state index contributed by atoms with van der Waals surface area (Å²) in [6.07, 6.45) is 5.73. The number of carbonyl (C=O) groups excluding carboxylic acids is 3. The van der Waals surface area contributed by atoms with Crippen molar-refractivity contribution in [1.29, 1.82) is 0 Å². The molecule has 270 valence electrons. The predicted molar refractivity (Wildman–Crippen MR) is 187 cm³/mol. The number of Topliss-reactive ketones (excluding diaryl/α,β-unsaturated/α-hetero) is 1. The summed E-state index contributed by atoms with van der Waals surface area (Å²) in [5, 5.41) is 21.0. The fraction of sp³-hybridized carbons (Fsp3) is 0.649. The molecule has 2 aromatic rings. The molecule has 1 amide bonds. The largest absolute Gasteiger partial charge is 0.459 e. The number of rotatable bonds is 8. The van der Waals surface area contributed by atoms with Gasteiger partial charge in [0.25, 0.3) is 0 Å². The number of aliphatic hydroxyl groups is 1. The molecule has 0 bridgehead atoms. The molecule has 12 nitrogen and oxygen atoms in total. The van der Waals surface area contributed by atoms with Gasteiger partial charge in [-0.1, -0.05) is 45.8 Å². The highest BCUT2D eigenvalue weighted by Gasteiger charge is 2.46. The molecule has 49 heavy (non-hydrogen) atoms. The standard InChI is InChI=1S/C37H55N5O7/c1-11-31-37(10,46)30(25(5)33(23(2)3)40-27(7)43)15-14-29(22-47-36(8,9)19-24(4)34(44)26(6)35(45)49-31)41-48-21-28-13-16-32(38-20-28)42-18-12-17-39-42/h12-13,16-18,20,23-26,30-31,46H,11,14-15,19,21-22H2,1-10H3/b40-33?,41-29+/t24-,25-,26-,30-,31-,37+/m1/s1. The van der Waals surface area contributed by atoms with Crippen LogP contribution >= 0.6 is 0 Å². The lowest BCUT2D eigenvalue weighted by Gasteiger charge is -2.42. The Kier molecular flexibility index (Phi) is 14.0. The van der Waals surface area contributed by atoms with Crippen molar-refractivity contribution in [2.75, 3.05) is 6.61 Å². The average Bonchev–Trinajstić information content (AvgIpc) is 3.58. The zero-order valence-corrected chi connectivity index (χ0v) is 30.8. The number of ether oxygens (including phenoxy) is 2. The number of aromatic nitrogens is 3. The van der Waals surface area contributed by atoms with Crippen molar-refractivity contribution in [1.82, 2.24) is 14.8 Å². The van der Waals surface area contributed by atoms with Crippen LogP contribution in [0, 0.1) is 29.6 Å². The molecule has 1 saturated heterocycles. The monoisotopic (exact) mass is 681 g/mol. The van der Waals surface area contributed by atoms with Gasteiger partial charge in [0, 0.05) is 48.6 Å². The van der Waals surface area contributed by atoms with E-state index in [1.165, 1.54) is 6.92 Å². The second-order valence-corrected chi connectivity index (χ2v) is 14.4. The summed E-state index contributed by atoms with van der Waals surface area (Å²) in [4.78, 5) is 53.6. The second-order valence-electron chi connectivity index (χ2n) is 14.4. The molecule has 0 radical (unpaired) electrons. The van der Waals surface area contributed by atoms with Crippen molar-refractivity contribution in [3.8, 4) is 5.82 Å². The molecule has 3 rings (SSSR count). The van der Waals surface area contributed by atoms with E-state index in [-0.39, 0.29) is 36.7 Å². The summed E-state index contributed by atoms with van der Waals surface area (Å²) < 4.78 is 14.0. The van der Waals surface area contributed by atoms with Crippen LogP contribution in [0.5, 0.6) is 0 Å². The van der Waals surface area contributed by atoms with Crippen molar-refractivity contribution < 1.29 is 33.8 Å². The summed E-state index contributed by atoms with van der Waals surface area (Å²) >= 11 is 0. The number of hydrogen-bond acceptors (Lipinski definition) is 10. The van der Waals surface area contributed by atoms with Gasteiger partial charge in [-0.05, 0) is 77.3 Å². The van der Waals surface area contributed by atoms with Crippen LogP contribution in [-0.2, 0) is 35.3 Å². The van der Waals surface area contributed by atoms with Gasteiger partial charge in [-0.15, -0.1) is 0 Å². The molecule has 1 aliphatic rings. The van der Waals surface area contributed by atoms with Crippen LogP contribution in [0.1, 0.15) is 100 Å². The summed E-state index contributed by atoms with van der Waals surface area (Å²) in [5.74, 6) is -3.07. The zero-order valence-electron chi connectivity index (χ0n) is 30.8. The summed E-state index contributed by atoms with van der Waals surface area (Å²) in [7, 11) is 0. The highest BCUT2D eigenvalue weighted by molar-refractivity contribution is 6.00. The van der Waals surface area contributed by atoms with E-state index >= 15 is 0 Å². The molecule has 0 saturated carbocycles. The molecule has 0 aromatic carbocycles. The molecule has 0 spiro atoms. The lowest BCUT2D eigenvalue weighted by Crippen LogP contribution is -2.52. The number of cyclic esters (lactones) is 1. The minimum atomic E-state index is -1.56. The number of amides is 1. The number of oxime groups is 1. The third-order valence-electron chi connectivity index (χ3n) is 9.39. The fourth-order valence-corrected chi connectivity index (χ4v) is 6.71. The Morgan fingerprint density at radius 2 is 1.90 bits per heavy atom. The number of hydrogen-bond donors (Lipinski definition) is 1. The predicted octanol–water partition coefficient (Wildman–Crippen LogP) is 5.93. The number of aliphatic imine (C=N–C) groups is 1. The molecule has 12 heteroatoms. The van der Waals surface area contributed by atoms with Gasteiger partial charge < -0.3 is 19.4 Å². The van der Waals surface area contributed by atoms with Crippen LogP contribution in [0.2, 0.25) is 0 Å². The van der Waals surface area contributed by atoms with E-state index in [1.54, 1.807) is 37.8 Å². The van der Waals surface area contributed by atoms with Gasteiger partial charge in [-0.25, -0.2) is 14.7 Å². The lowest BCUT2D eigenvalue weighted by molar-refractivity contribution is -0.178. The first kappa shape index (κ1) is 39.7. The third kappa shape index (κ3) is 10.9. The van der Waals surface area contributed by atoms with Crippen molar-refractivity contribution in [3.63, 3.8) is 0 Å². The number of pyridine rings is 1. The molecule has 0 unspecified atom stereocenters. The zero-order chi connectivity index (χ0) is 36.5. The molecule has 0 aliphatic carbocycles. The smallest absolute Gasteiger partial charge is 0.316 e. The highest BCUT2D eigenvalue weighted by atomic mass is 16.6. The van der Waals surface area contributed by atoms with E-state index in [4.69, 9.17) is 14.3 Å². The number of carbonyl (C=O) groups is 3. The Labute approximate surface area is 290 Å². The van der Waals surface area contributed by atoms with Crippen LogP contribution < -0.4 is 0 Å². The maximum atomic E-state index is 13.4. The Balaban J connectivity index is 2.00. The van der Waals surface area contributed by atoms with E-state index < -0.39 is 41.0 Å². The molecule has 2 aromatic heterocycles. The number of ketones is 1. The van der Waals surface area contributed by atoms with Crippen LogP contribution in [0.3, 0.4) is 0 Å². The molecule has 1 N–H and O–H groups in total. The summed E-state index contributed by atoms with van der Waals surface area (Å²) in [5.41, 5.74) is -0.228. The van der Waals surface area contributed by atoms with Gasteiger partial charge in [0.05, 0.1) is 17.9 Å². The minimum absolute atomic E-state index is 0.0815. The minimum Gasteiger partial charge on any atom is -0.459 e. The van der Waals surface area contributed by atoms with Crippen LogP contribution in [0.4, 0.5) is 0 Å². The van der Waals surface area contributed by atoms with E-state index in [0.29, 0.717) is 42.9 Å². The molecular weight excluding hydrogens is 626 g/mol. The van der Waals surface area contributed by atoms with E-state index in [1.807, 2.05) is 65.9 Å². The Morgan fingerprint density at radius 1 is 1.18 bits per heavy atom. The van der Waals surface area contributed by atoms with Gasteiger partial charge >= 0.3 is 5.97 Å². The summed E-state index contributed by atoms with van der Waals surface area (Å²) in [6, 6.07) is 5.56. The third-order valence-corrected chi connectivity index (χ3v) is 9.39. The normalized spacial score (nSPS) is 27.7. The Morgan fingerprint density at radius 3 is 2.47 bits per heavy atom. The maximum Gasteiger partial charge on any atom is 0.316 e. The maximum absolute atomic E-state index is 13.4. The molecule has 1 fully saturated rings. The van der Waals surface area contributed by atoms with Crippen molar-refractivity contribution >= 4 is 29.1 Å². The van der Waals surface area contributed by atoms with Crippen molar-refractivity contribution in [3.05, 3.63) is 42.4 Å². The SMILES string of the molecule is CC[C@H]1OC(=O)[C@H](C)C(=O)[C@H](C)CC(C)(C)OC/C(=N/OCc2ccc(-n3cccn3)nc2)CC[C@H]([C@@H](C)C(=NC(C)=O)C(C)C)[C@]1(C)O. The molecule has 6 atom stereocenters. The van der Waals surface area contributed by atoms with Gasteiger partial charge in [-0.2, -0.15) is 5.10 Å². The molecule has 3 heterocycles. The summed E-state index contributed by atoms with van der Waals surface area (Å²) in [6.45, 7) is 18.2. The first-order valence-electron chi connectivity index (χ1n) is 17.3. The van der Waals surface area contributed by atoms with E-state index in [2.05, 4.69) is 20.2 Å².